The van der Waals surface area contributed by atoms with E-state index in [1.54, 1.807) is 28.8 Å². The summed E-state index contributed by atoms with van der Waals surface area (Å²) in [5.41, 5.74) is 0. The third kappa shape index (κ3) is 2.78. The number of hydrogen-bond donors (Lipinski definition) is 1. The van der Waals surface area contributed by atoms with Gasteiger partial charge in [-0.1, -0.05) is 6.07 Å². The molecule has 2 heterocycles. The molecule has 0 aliphatic carbocycles. The first-order chi connectivity index (χ1) is 10.5. The molecule has 1 aromatic carbocycles. The second kappa shape index (κ2) is 6.23. The second-order valence-corrected chi connectivity index (χ2v) is 8.15. The minimum Gasteiger partial charge on any atom is -0.315 e. The second-order valence-electron chi connectivity index (χ2n) is 5.50. The van der Waals surface area contributed by atoms with Crippen molar-refractivity contribution in [3.63, 3.8) is 0 Å². The van der Waals surface area contributed by atoms with Gasteiger partial charge in [0.15, 0.2) is 0 Å². The van der Waals surface area contributed by atoms with Crippen LogP contribution in [-0.2, 0) is 10.0 Å². The van der Waals surface area contributed by atoms with E-state index in [9.17, 15) is 8.42 Å². The van der Waals surface area contributed by atoms with Crippen LogP contribution in [0.5, 0.6) is 0 Å². The summed E-state index contributed by atoms with van der Waals surface area (Å²) in [4.78, 5) is 4.39. The van der Waals surface area contributed by atoms with Crippen LogP contribution >= 0.6 is 15.9 Å². The maximum absolute atomic E-state index is 13.1. The van der Waals surface area contributed by atoms with Crippen LogP contribution in [0.25, 0.3) is 10.8 Å². The van der Waals surface area contributed by atoms with Crippen molar-refractivity contribution in [3.05, 3.63) is 35.1 Å². The molecule has 1 aliphatic heterocycles. The molecule has 22 heavy (non-hydrogen) atoms. The molecule has 3 rings (SSSR count). The highest BCUT2D eigenvalue weighted by Gasteiger charge is 2.31. The number of aromatic nitrogens is 1. The highest BCUT2D eigenvalue weighted by Crippen LogP contribution is 2.32. The summed E-state index contributed by atoms with van der Waals surface area (Å²) < 4.78 is 28.3. The lowest BCUT2D eigenvalue weighted by molar-refractivity contribution is 0.353. The zero-order valence-electron chi connectivity index (χ0n) is 12.3. The maximum Gasteiger partial charge on any atom is 0.244 e. The van der Waals surface area contributed by atoms with Gasteiger partial charge < -0.3 is 5.32 Å². The van der Waals surface area contributed by atoms with Gasteiger partial charge in [-0.2, -0.15) is 4.31 Å². The first-order valence-electron chi connectivity index (χ1n) is 7.26. The van der Waals surface area contributed by atoms with E-state index in [1.165, 1.54) is 0 Å². The Morgan fingerprint density at radius 1 is 1.36 bits per heavy atom. The Kier molecular flexibility index (Phi) is 4.49. The number of rotatable bonds is 2. The van der Waals surface area contributed by atoms with Crippen molar-refractivity contribution in [1.82, 2.24) is 14.6 Å². The predicted molar refractivity (Wildman–Crippen MR) is 90.3 cm³/mol. The van der Waals surface area contributed by atoms with Gasteiger partial charge in [0.25, 0.3) is 0 Å². The third-order valence-electron chi connectivity index (χ3n) is 3.97. The molecule has 1 aromatic heterocycles. The molecule has 0 saturated carbocycles. The van der Waals surface area contributed by atoms with Crippen molar-refractivity contribution in [1.29, 1.82) is 0 Å². The number of benzene rings is 1. The molecule has 7 heteroatoms. The average Bonchev–Trinajstić information content (AvgIpc) is 2.72. The van der Waals surface area contributed by atoms with Crippen molar-refractivity contribution in [2.45, 2.75) is 24.3 Å². The van der Waals surface area contributed by atoms with Crippen LogP contribution in [0, 0.1) is 0 Å². The molecule has 1 N–H and O–H groups in total. The largest absolute Gasteiger partial charge is 0.315 e. The molecule has 118 valence electrons. The fourth-order valence-electron chi connectivity index (χ4n) is 2.79. The molecule has 1 aliphatic rings. The lowest BCUT2D eigenvalue weighted by Gasteiger charge is -2.26. The number of pyridine rings is 1. The molecule has 0 radical (unpaired) electrons. The molecule has 0 amide bonds. The average molecular weight is 384 g/mol. The number of hydrogen-bond acceptors (Lipinski definition) is 4. The molecule has 1 saturated heterocycles. The number of fused-ring (bicyclic) bond motifs is 1. The first kappa shape index (κ1) is 15.9. The fourth-order valence-corrected chi connectivity index (χ4v) is 5.64. The predicted octanol–water partition coefficient (Wildman–Crippen LogP) is 2.37. The SMILES string of the molecule is C[C@H]1CNCCCN1S(=O)(=O)c1ccc2cnccc2c1Br. The van der Waals surface area contributed by atoms with Crippen molar-refractivity contribution < 1.29 is 8.42 Å². The number of nitrogens with one attached hydrogen (secondary N) is 1. The Morgan fingerprint density at radius 3 is 3.00 bits per heavy atom. The number of nitrogens with zero attached hydrogens (tertiary/aromatic N) is 2. The van der Waals surface area contributed by atoms with E-state index in [2.05, 4.69) is 26.2 Å². The Balaban J connectivity index is 2.10. The third-order valence-corrected chi connectivity index (χ3v) is 7.14. The summed E-state index contributed by atoms with van der Waals surface area (Å²) in [6.07, 6.45) is 4.22. The lowest BCUT2D eigenvalue weighted by atomic mass is 10.2. The highest BCUT2D eigenvalue weighted by atomic mass is 79.9. The number of halogens is 1. The Hall–Kier alpha value is -1.02. The van der Waals surface area contributed by atoms with Crippen LogP contribution in [0.1, 0.15) is 13.3 Å². The van der Waals surface area contributed by atoms with Crippen molar-refractivity contribution in [2.75, 3.05) is 19.6 Å². The smallest absolute Gasteiger partial charge is 0.244 e. The van der Waals surface area contributed by atoms with Crippen molar-refractivity contribution >= 4 is 36.7 Å². The first-order valence-corrected chi connectivity index (χ1v) is 9.50. The monoisotopic (exact) mass is 383 g/mol. The summed E-state index contributed by atoms with van der Waals surface area (Å²) in [6, 6.07) is 5.23. The van der Waals surface area contributed by atoms with Gasteiger partial charge in [-0.25, -0.2) is 8.42 Å². The van der Waals surface area contributed by atoms with E-state index in [0.29, 0.717) is 22.5 Å². The van der Waals surface area contributed by atoms with Gasteiger partial charge in [-0.15, -0.1) is 0 Å². The van der Waals surface area contributed by atoms with Crippen molar-refractivity contribution in [3.8, 4) is 0 Å². The maximum atomic E-state index is 13.1. The molecule has 0 bridgehead atoms. The van der Waals surface area contributed by atoms with Gasteiger partial charge in [0.1, 0.15) is 0 Å². The lowest BCUT2D eigenvalue weighted by Crippen LogP contribution is -2.41. The quantitative estimate of drug-likeness (QED) is 0.864. The van der Waals surface area contributed by atoms with Gasteiger partial charge in [-0.3, -0.25) is 4.98 Å². The Labute approximate surface area is 138 Å². The Morgan fingerprint density at radius 2 is 2.18 bits per heavy atom. The molecular weight excluding hydrogens is 366 g/mol. The molecule has 0 spiro atoms. The summed E-state index contributed by atoms with van der Waals surface area (Å²) in [5, 5.41) is 5.04. The summed E-state index contributed by atoms with van der Waals surface area (Å²) in [7, 11) is -3.53. The fraction of sp³-hybridized carbons (Fsp3) is 0.400. The van der Waals surface area contributed by atoms with Crippen LogP contribution in [0.2, 0.25) is 0 Å². The van der Waals surface area contributed by atoms with E-state index in [4.69, 9.17) is 0 Å². The van der Waals surface area contributed by atoms with Crippen LogP contribution in [0.3, 0.4) is 0 Å². The van der Waals surface area contributed by atoms with E-state index in [-0.39, 0.29) is 6.04 Å². The van der Waals surface area contributed by atoms with Crippen LogP contribution < -0.4 is 5.32 Å². The van der Waals surface area contributed by atoms with Crippen LogP contribution in [-0.4, -0.2) is 43.4 Å². The van der Waals surface area contributed by atoms with Gasteiger partial charge in [0, 0.05) is 46.8 Å². The molecule has 1 fully saturated rings. The van der Waals surface area contributed by atoms with Gasteiger partial charge >= 0.3 is 0 Å². The topological polar surface area (TPSA) is 62.3 Å². The summed E-state index contributed by atoms with van der Waals surface area (Å²) >= 11 is 3.47. The van der Waals surface area contributed by atoms with Gasteiger partial charge in [-0.05, 0) is 48.0 Å². The van der Waals surface area contributed by atoms with E-state index in [0.717, 1.165) is 23.7 Å². The minimum atomic E-state index is -3.53. The van der Waals surface area contributed by atoms with E-state index < -0.39 is 10.0 Å². The normalized spacial score (nSPS) is 20.9. The molecule has 0 unspecified atom stereocenters. The zero-order valence-corrected chi connectivity index (χ0v) is 14.7. The number of sulfonamides is 1. The summed E-state index contributed by atoms with van der Waals surface area (Å²) in [6.45, 7) is 4.00. The highest BCUT2D eigenvalue weighted by molar-refractivity contribution is 9.10. The minimum absolute atomic E-state index is 0.0625. The van der Waals surface area contributed by atoms with Crippen LogP contribution in [0.15, 0.2) is 40.0 Å². The molecule has 2 aromatic rings. The van der Waals surface area contributed by atoms with Gasteiger partial charge in [0.05, 0.1) is 4.90 Å². The van der Waals surface area contributed by atoms with Crippen molar-refractivity contribution in [2.24, 2.45) is 0 Å². The molecule has 1 atom stereocenters. The zero-order chi connectivity index (χ0) is 15.7. The summed E-state index contributed by atoms with van der Waals surface area (Å²) in [5.74, 6) is 0. The Bertz CT molecular complexity index is 794. The van der Waals surface area contributed by atoms with Gasteiger partial charge in [0.2, 0.25) is 10.0 Å². The van der Waals surface area contributed by atoms with E-state index in [1.807, 2.05) is 13.0 Å². The van der Waals surface area contributed by atoms with Crippen LogP contribution in [0.4, 0.5) is 0 Å². The molecule has 5 nitrogen and oxygen atoms in total. The van der Waals surface area contributed by atoms with E-state index >= 15 is 0 Å². The molecular formula is C15H18BrN3O2S. The standard InChI is InChI=1S/C15H18BrN3O2S/c1-11-9-17-6-2-8-19(11)22(20,21)14-4-3-12-10-18-7-5-13(12)15(14)16/h3-5,7,10-11,17H,2,6,8-9H2,1H3/t11-/m0/s1.